The van der Waals surface area contributed by atoms with Crippen molar-refractivity contribution < 1.29 is 9.53 Å². The summed E-state index contributed by atoms with van der Waals surface area (Å²) in [6.07, 6.45) is 1.76. The molecule has 0 aliphatic heterocycles. The van der Waals surface area contributed by atoms with Gasteiger partial charge in [0, 0.05) is 11.8 Å². The number of fused-ring (bicyclic) bond motifs is 1. The lowest BCUT2D eigenvalue weighted by molar-refractivity contribution is 0.262. The smallest absolute Gasteiger partial charge is 0.324 e. The Morgan fingerprint density at radius 2 is 1.78 bits per heavy atom. The standard InChI is InChI=1S/C20H17N5O2/c1-27-17-10-6-5-9-16(17)22-20(26)23-19-15-11-14(12-21-18(15)24-25-19)13-7-3-2-4-8-13/h2-12H,1H3,(H3,21,22,23,24,25,26). The predicted octanol–water partition coefficient (Wildman–Crippen LogP) is 4.28. The number of rotatable bonds is 4. The molecule has 0 unspecified atom stereocenters. The largest absolute Gasteiger partial charge is 0.495 e. The molecule has 2 amide bonds. The molecular formula is C20H17N5O2. The Kier molecular flexibility index (Phi) is 4.40. The number of aromatic nitrogens is 3. The van der Waals surface area contributed by atoms with E-state index in [4.69, 9.17) is 4.74 Å². The summed E-state index contributed by atoms with van der Waals surface area (Å²) < 4.78 is 5.24. The van der Waals surface area contributed by atoms with Gasteiger partial charge in [-0.1, -0.05) is 42.5 Å². The number of anilines is 2. The van der Waals surface area contributed by atoms with Crippen molar-refractivity contribution in [2.24, 2.45) is 0 Å². The van der Waals surface area contributed by atoms with Crippen LogP contribution in [0.4, 0.5) is 16.3 Å². The number of aromatic amines is 1. The number of ether oxygens (including phenoxy) is 1. The molecule has 4 rings (SSSR count). The normalized spacial score (nSPS) is 10.6. The number of nitrogens with zero attached hydrogens (tertiary/aromatic N) is 2. The van der Waals surface area contributed by atoms with Gasteiger partial charge in [0.15, 0.2) is 5.65 Å². The van der Waals surface area contributed by atoms with Gasteiger partial charge in [-0.15, -0.1) is 0 Å². The number of benzene rings is 2. The van der Waals surface area contributed by atoms with Crippen LogP contribution in [0.2, 0.25) is 0 Å². The van der Waals surface area contributed by atoms with Gasteiger partial charge in [-0.25, -0.2) is 9.78 Å². The van der Waals surface area contributed by atoms with Gasteiger partial charge in [-0.2, -0.15) is 5.10 Å². The molecule has 2 heterocycles. The second kappa shape index (κ2) is 7.17. The number of H-pyrrole nitrogens is 1. The molecule has 27 heavy (non-hydrogen) atoms. The number of carbonyl (C=O) groups excluding carboxylic acids is 1. The summed E-state index contributed by atoms with van der Waals surface area (Å²) in [6.45, 7) is 0. The van der Waals surface area contributed by atoms with Crippen LogP contribution in [0.1, 0.15) is 0 Å². The lowest BCUT2D eigenvalue weighted by atomic mass is 10.1. The van der Waals surface area contributed by atoms with Crippen molar-refractivity contribution in [1.29, 1.82) is 0 Å². The molecule has 134 valence electrons. The Bertz CT molecular complexity index is 1090. The number of pyridine rings is 1. The maximum atomic E-state index is 12.4. The molecule has 4 aromatic rings. The molecule has 0 bridgehead atoms. The Labute approximate surface area is 155 Å². The fraction of sp³-hybridized carbons (Fsp3) is 0.0500. The highest BCUT2D eigenvalue weighted by molar-refractivity contribution is 6.05. The molecule has 3 N–H and O–H groups in total. The minimum atomic E-state index is -0.407. The molecular weight excluding hydrogens is 342 g/mol. The molecule has 0 atom stereocenters. The van der Waals surface area contributed by atoms with Gasteiger partial charge in [0.1, 0.15) is 11.6 Å². The average Bonchev–Trinajstić information content (AvgIpc) is 3.11. The van der Waals surface area contributed by atoms with Crippen LogP contribution in [-0.2, 0) is 0 Å². The average molecular weight is 359 g/mol. The number of hydrogen-bond donors (Lipinski definition) is 3. The van der Waals surface area contributed by atoms with E-state index in [-0.39, 0.29) is 0 Å². The molecule has 0 aliphatic carbocycles. The molecule has 0 spiro atoms. The van der Waals surface area contributed by atoms with E-state index in [1.54, 1.807) is 25.4 Å². The first-order valence-corrected chi connectivity index (χ1v) is 8.35. The zero-order chi connectivity index (χ0) is 18.6. The zero-order valence-electron chi connectivity index (χ0n) is 14.6. The molecule has 7 heteroatoms. The maximum Gasteiger partial charge on any atom is 0.324 e. The van der Waals surface area contributed by atoms with Crippen molar-refractivity contribution in [3.05, 3.63) is 66.9 Å². The second-order valence-corrected chi connectivity index (χ2v) is 5.84. The first kappa shape index (κ1) is 16.6. The van der Waals surface area contributed by atoms with Crippen LogP contribution in [0.3, 0.4) is 0 Å². The van der Waals surface area contributed by atoms with Crippen molar-refractivity contribution in [3.8, 4) is 16.9 Å². The highest BCUT2D eigenvalue weighted by Gasteiger charge is 2.12. The Hall–Kier alpha value is -3.87. The number of para-hydroxylation sites is 2. The van der Waals surface area contributed by atoms with E-state index in [9.17, 15) is 4.79 Å². The van der Waals surface area contributed by atoms with Gasteiger partial charge in [0.25, 0.3) is 0 Å². The van der Waals surface area contributed by atoms with Gasteiger partial charge < -0.3 is 10.1 Å². The number of methoxy groups -OCH3 is 1. The predicted molar refractivity (Wildman–Crippen MR) is 105 cm³/mol. The van der Waals surface area contributed by atoms with Crippen LogP contribution in [0.25, 0.3) is 22.2 Å². The number of nitrogens with one attached hydrogen (secondary N) is 3. The van der Waals surface area contributed by atoms with Gasteiger partial charge in [-0.05, 0) is 23.8 Å². The topological polar surface area (TPSA) is 91.9 Å². The van der Waals surface area contributed by atoms with E-state index in [0.29, 0.717) is 22.9 Å². The van der Waals surface area contributed by atoms with Crippen molar-refractivity contribution in [2.45, 2.75) is 0 Å². The summed E-state index contributed by atoms with van der Waals surface area (Å²) in [7, 11) is 1.55. The summed E-state index contributed by atoms with van der Waals surface area (Å²) in [6, 6.07) is 18.6. The van der Waals surface area contributed by atoms with Crippen LogP contribution in [0.15, 0.2) is 66.9 Å². The lowest BCUT2D eigenvalue weighted by Crippen LogP contribution is -2.20. The molecule has 0 saturated carbocycles. The monoisotopic (exact) mass is 359 g/mol. The SMILES string of the molecule is COc1ccccc1NC(=O)Nc1[nH]nc2ncc(-c3ccccc3)cc12. The molecule has 0 aliphatic rings. The third-order valence-electron chi connectivity index (χ3n) is 4.11. The Balaban J connectivity index is 1.59. The summed E-state index contributed by atoms with van der Waals surface area (Å²) in [4.78, 5) is 16.8. The number of urea groups is 1. The highest BCUT2D eigenvalue weighted by Crippen LogP contribution is 2.27. The van der Waals surface area contributed by atoms with E-state index in [1.165, 1.54) is 0 Å². The second-order valence-electron chi connectivity index (χ2n) is 5.84. The minimum absolute atomic E-state index is 0.407. The third kappa shape index (κ3) is 3.43. The van der Waals surface area contributed by atoms with E-state index in [2.05, 4.69) is 25.8 Å². The number of hydrogen-bond acceptors (Lipinski definition) is 4. The quantitative estimate of drug-likeness (QED) is 0.507. The molecule has 7 nitrogen and oxygen atoms in total. The van der Waals surface area contributed by atoms with E-state index in [1.807, 2.05) is 48.5 Å². The van der Waals surface area contributed by atoms with Crippen molar-refractivity contribution in [2.75, 3.05) is 17.7 Å². The molecule has 0 saturated heterocycles. The van der Waals surface area contributed by atoms with Gasteiger partial charge >= 0.3 is 6.03 Å². The molecule has 0 fully saturated rings. The maximum absolute atomic E-state index is 12.4. The zero-order valence-corrected chi connectivity index (χ0v) is 14.6. The highest BCUT2D eigenvalue weighted by atomic mass is 16.5. The fourth-order valence-corrected chi connectivity index (χ4v) is 2.80. The van der Waals surface area contributed by atoms with E-state index < -0.39 is 6.03 Å². The van der Waals surface area contributed by atoms with Gasteiger partial charge in [0.05, 0.1) is 18.2 Å². The summed E-state index contributed by atoms with van der Waals surface area (Å²) in [5, 5.41) is 13.2. The molecule has 2 aromatic carbocycles. The van der Waals surface area contributed by atoms with Crippen molar-refractivity contribution in [1.82, 2.24) is 15.2 Å². The van der Waals surface area contributed by atoms with Crippen LogP contribution in [0.5, 0.6) is 5.75 Å². The van der Waals surface area contributed by atoms with Crippen molar-refractivity contribution in [3.63, 3.8) is 0 Å². The molecule has 2 aromatic heterocycles. The van der Waals surface area contributed by atoms with Crippen LogP contribution in [-0.4, -0.2) is 28.3 Å². The number of carbonyl (C=O) groups is 1. The number of amides is 2. The van der Waals surface area contributed by atoms with Crippen LogP contribution in [0, 0.1) is 0 Å². The summed E-state index contributed by atoms with van der Waals surface area (Å²) in [5.41, 5.74) is 3.09. The van der Waals surface area contributed by atoms with E-state index >= 15 is 0 Å². The van der Waals surface area contributed by atoms with Crippen molar-refractivity contribution >= 4 is 28.6 Å². The lowest BCUT2D eigenvalue weighted by Gasteiger charge is -2.10. The first-order valence-electron chi connectivity index (χ1n) is 8.35. The van der Waals surface area contributed by atoms with Gasteiger partial charge in [-0.3, -0.25) is 10.4 Å². The van der Waals surface area contributed by atoms with Crippen LogP contribution >= 0.6 is 0 Å². The third-order valence-corrected chi connectivity index (χ3v) is 4.11. The first-order chi connectivity index (χ1) is 13.2. The van der Waals surface area contributed by atoms with E-state index in [0.717, 1.165) is 16.5 Å². The summed E-state index contributed by atoms with van der Waals surface area (Å²) in [5.74, 6) is 1.05. The van der Waals surface area contributed by atoms with Crippen LogP contribution < -0.4 is 15.4 Å². The fourth-order valence-electron chi connectivity index (χ4n) is 2.80. The van der Waals surface area contributed by atoms with Gasteiger partial charge in [0.2, 0.25) is 0 Å². The Morgan fingerprint density at radius 3 is 2.59 bits per heavy atom. The Morgan fingerprint density at radius 1 is 1.00 bits per heavy atom. The summed E-state index contributed by atoms with van der Waals surface area (Å²) >= 11 is 0. The minimum Gasteiger partial charge on any atom is -0.495 e. The molecule has 0 radical (unpaired) electrons.